The Morgan fingerprint density at radius 3 is 2.40 bits per heavy atom. The Balaban J connectivity index is 2.64. The van der Waals surface area contributed by atoms with Gasteiger partial charge in [-0.25, -0.2) is 8.42 Å². The number of nitrogens with one attached hydrogen (secondary N) is 1. The molecule has 0 bridgehead atoms. The normalized spacial score (nSPS) is 25.6. The first-order valence-corrected chi connectivity index (χ1v) is 9.90. The molecule has 0 aliphatic carbocycles. The zero-order valence-corrected chi connectivity index (χ0v) is 14.7. The number of hydrogen-bond acceptors (Lipinski definition) is 3. The maximum Gasteiger partial charge on any atom is 0.150 e. The van der Waals surface area contributed by atoms with Gasteiger partial charge in [0.05, 0.1) is 11.5 Å². The summed E-state index contributed by atoms with van der Waals surface area (Å²) in [5, 5.41) is 3.58. The van der Waals surface area contributed by atoms with Crippen LogP contribution >= 0.6 is 0 Å². The second kappa shape index (κ2) is 7.26. The molecule has 120 valence electrons. The van der Waals surface area contributed by atoms with Crippen molar-refractivity contribution in [2.24, 2.45) is 17.8 Å². The van der Waals surface area contributed by atoms with Crippen molar-refractivity contribution in [3.63, 3.8) is 0 Å². The average molecular weight is 304 g/mol. The van der Waals surface area contributed by atoms with Gasteiger partial charge in [-0.3, -0.25) is 0 Å². The topological polar surface area (TPSA) is 46.2 Å². The Bertz CT molecular complexity index is 384. The van der Waals surface area contributed by atoms with Gasteiger partial charge in [-0.2, -0.15) is 0 Å². The third-order valence-electron chi connectivity index (χ3n) is 4.32. The molecule has 1 aliphatic rings. The third kappa shape index (κ3) is 6.57. The Morgan fingerprint density at radius 1 is 1.30 bits per heavy atom. The highest BCUT2D eigenvalue weighted by Gasteiger charge is 2.34. The SMILES string of the molecule is CCCC(C)CC(CNC(C)(C)C)C1CCS(=O)(=O)C1. The molecule has 1 heterocycles. The molecule has 0 amide bonds. The molecule has 1 aliphatic heterocycles. The van der Waals surface area contributed by atoms with Gasteiger partial charge in [0, 0.05) is 5.54 Å². The monoisotopic (exact) mass is 303 g/mol. The van der Waals surface area contributed by atoms with E-state index in [9.17, 15) is 8.42 Å². The van der Waals surface area contributed by atoms with Gasteiger partial charge in [0.15, 0.2) is 9.84 Å². The lowest BCUT2D eigenvalue weighted by molar-refractivity contribution is 0.253. The maximum absolute atomic E-state index is 11.7. The van der Waals surface area contributed by atoms with E-state index >= 15 is 0 Å². The van der Waals surface area contributed by atoms with Crippen molar-refractivity contribution in [1.82, 2.24) is 5.32 Å². The lowest BCUT2D eigenvalue weighted by Crippen LogP contribution is -2.41. The van der Waals surface area contributed by atoms with Gasteiger partial charge in [-0.05, 0) is 57.9 Å². The Morgan fingerprint density at radius 2 is 1.95 bits per heavy atom. The van der Waals surface area contributed by atoms with E-state index in [1.54, 1.807) is 0 Å². The predicted octanol–water partition coefficient (Wildman–Crippen LogP) is 3.25. The summed E-state index contributed by atoms with van der Waals surface area (Å²) in [5.41, 5.74) is 0.101. The highest BCUT2D eigenvalue weighted by Crippen LogP contribution is 2.31. The average Bonchev–Trinajstić information content (AvgIpc) is 2.64. The van der Waals surface area contributed by atoms with Crippen LogP contribution in [0.2, 0.25) is 0 Å². The smallest absolute Gasteiger partial charge is 0.150 e. The number of hydrogen-bond donors (Lipinski definition) is 1. The van der Waals surface area contributed by atoms with Crippen LogP contribution in [0.3, 0.4) is 0 Å². The highest BCUT2D eigenvalue weighted by molar-refractivity contribution is 7.91. The summed E-state index contributed by atoms with van der Waals surface area (Å²) in [6.07, 6.45) is 4.46. The number of rotatable bonds is 7. The Kier molecular flexibility index (Phi) is 6.52. The summed E-state index contributed by atoms with van der Waals surface area (Å²) in [6.45, 7) is 12.0. The summed E-state index contributed by atoms with van der Waals surface area (Å²) in [4.78, 5) is 0. The van der Waals surface area contributed by atoms with Crippen LogP contribution < -0.4 is 5.32 Å². The lowest BCUT2D eigenvalue weighted by Gasteiger charge is -2.30. The molecular weight excluding hydrogens is 270 g/mol. The molecule has 0 saturated carbocycles. The van der Waals surface area contributed by atoms with Crippen LogP contribution in [-0.2, 0) is 9.84 Å². The fraction of sp³-hybridized carbons (Fsp3) is 1.00. The van der Waals surface area contributed by atoms with E-state index in [0.717, 1.165) is 19.4 Å². The first-order chi connectivity index (χ1) is 9.13. The van der Waals surface area contributed by atoms with E-state index in [4.69, 9.17) is 0 Å². The summed E-state index contributed by atoms with van der Waals surface area (Å²) in [7, 11) is -2.77. The van der Waals surface area contributed by atoms with Crippen molar-refractivity contribution < 1.29 is 8.42 Å². The maximum atomic E-state index is 11.7. The molecule has 1 saturated heterocycles. The summed E-state index contributed by atoms with van der Waals surface area (Å²) < 4.78 is 23.5. The fourth-order valence-electron chi connectivity index (χ4n) is 3.20. The van der Waals surface area contributed by atoms with Gasteiger partial charge < -0.3 is 5.32 Å². The second-order valence-corrected chi connectivity index (χ2v) is 9.91. The minimum absolute atomic E-state index is 0.101. The van der Waals surface area contributed by atoms with Crippen LogP contribution in [0.25, 0.3) is 0 Å². The first-order valence-electron chi connectivity index (χ1n) is 8.08. The van der Waals surface area contributed by atoms with E-state index in [2.05, 4.69) is 39.9 Å². The van der Waals surface area contributed by atoms with Gasteiger partial charge in [0.2, 0.25) is 0 Å². The van der Waals surface area contributed by atoms with Crippen molar-refractivity contribution in [3.05, 3.63) is 0 Å². The standard InChI is InChI=1S/C16H33NO2S/c1-6-7-13(2)10-15(11-17-16(3,4)5)14-8-9-20(18,19)12-14/h13-15,17H,6-12H2,1-5H3. The van der Waals surface area contributed by atoms with Crippen molar-refractivity contribution in [2.45, 2.75) is 65.8 Å². The molecule has 1 rings (SSSR count). The quantitative estimate of drug-likeness (QED) is 0.785. The van der Waals surface area contributed by atoms with Crippen LogP contribution in [-0.4, -0.2) is 32.0 Å². The van der Waals surface area contributed by atoms with Crippen LogP contribution in [0.15, 0.2) is 0 Å². The molecular formula is C16H33NO2S. The lowest BCUT2D eigenvalue weighted by atomic mass is 9.82. The summed E-state index contributed by atoms with van der Waals surface area (Å²) in [5.74, 6) is 2.34. The largest absolute Gasteiger partial charge is 0.312 e. The fourth-order valence-corrected chi connectivity index (χ4v) is 5.12. The molecule has 0 aromatic heterocycles. The van der Waals surface area contributed by atoms with Crippen LogP contribution in [0.5, 0.6) is 0 Å². The van der Waals surface area contributed by atoms with Gasteiger partial charge in [-0.15, -0.1) is 0 Å². The minimum Gasteiger partial charge on any atom is -0.312 e. The van der Waals surface area contributed by atoms with Crippen LogP contribution in [0, 0.1) is 17.8 Å². The van der Waals surface area contributed by atoms with Gasteiger partial charge in [0.1, 0.15) is 0 Å². The predicted molar refractivity (Wildman–Crippen MR) is 86.7 cm³/mol. The molecule has 1 fully saturated rings. The van der Waals surface area contributed by atoms with Crippen LogP contribution in [0.1, 0.15) is 60.3 Å². The summed E-state index contributed by atoms with van der Waals surface area (Å²) in [6, 6.07) is 0. The van der Waals surface area contributed by atoms with Gasteiger partial charge in [0.25, 0.3) is 0 Å². The molecule has 0 aromatic rings. The van der Waals surface area contributed by atoms with Gasteiger partial charge >= 0.3 is 0 Å². The first kappa shape index (κ1) is 18.0. The zero-order chi connectivity index (χ0) is 15.4. The van der Waals surface area contributed by atoms with Crippen molar-refractivity contribution in [1.29, 1.82) is 0 Å². The van der Waals surface area contributed by atoms with Crippen LogP contribution in [0.4, 0.5) is 0 Å². The minimum atomic E-state index is -2.77. The second-order valence-electron chi connectivity index (χ2n) is 7.68. The van der Waals surface area contributed by atoms with E-state index in [-0.39, 0.29) is 5.54 Å². The van der Waals surface area contributed by atoms with Crippen molar-refractivity contribution in [3.8, 4) is 0 Å². The molecule has 3 atom stereocenters. The number of sulfone groups is 1. The van der Waals surface area contributed by atoms with E-state index in [1.807, 2.05) is 0 Å². The van der Waals surface area contributed by atoms with Crippen molar-refractivity contribution in [2.75, 3.05) is 18.1 Å². The van der Waals surface area contributed by atoms with E-state index < -0.39 is 9.84 Å². The molecule has 3 nitrogen and oxygen atoms in total. The molecule has 0 aromatic carbocycles. The van der Waals surface area contributed by atoms with E-state index in [0.29, 0.717) is 29.3 Å². The molecule has 3 unspecified atom stereocenters. The molecule has 0 spiro atoms. The molecule has 1 N–H and O–H groups in total. The van der Waals surface area contributed by atoms with E-state index in [1.165, 1.54) is 12.8 Å². The Hall–Kier alpha value is -0.0900. The Labute approximate surface area is 125 Å². The molecule has 0 radical (unpaired) electrons. The van der Waals surface area contributed by atoms with Gasteiger partial charge in [-0.1, -0.05) is 26.7 Å². The molecule has 20 heavy (non-hydrogen) atoms. The highest BCUT2D eigenvalue weighted by atomic mass is 32.2. The van der Waals surface area contributed by atoms with Crippen molar-refractivity contribution >= 4 is 9.84 Å². The zero-order valence-electron chi connectivity index (χ0n) is 13.9. The molecule has 4 heteroatoms. The summed E-state index contributed by atoms with van der Waals surface area (Å²) >= 11 is 0. The third-order valence-corrected chi connectivity index (χ3v) is 6.11.